The van der Waals surface area contributed by atoms with E-state index < -0.39 is 10.0 Å². The zero-order valence-corrected chi connectivity index (χ0v) is 12.5. The molecule has 0 aliphatic carbocycles. The molecule has 106 valence electrons. The maximum absolute atomic E-state index is 12.5. The second kappa shape index (κ2) is 5.16. The molecule has 0 saturated carbocycles. The number of nitrogen functional groups attached to an aromatic ring is 1. The van der Waals surface area contributed by atoms with Gasteiger partial charge in [0.05, 0.1) is 10.6 Å². The first kappa shape index (κ1) is 13.5. The predicted octanol–water partition coefficient (Wildman–Crippen LogP) is 2.18. The summed E-state index contributed by atoms with van der Waals surface area (Å²) in [5.41, 5.74) is 7.11. The van der Waals surface area contributed by atoms with Gasteiger partial charge in [0.25, 0.3) is 0 Å². The Labute approximate surface area is 122 Å². The summed E-state index contributed by atoms with van der Waals surface area (Å²) < 4.78 is 26.6. The Balaban J connectivity index is 1.99. The largest absolute Gasteiger partial charge is 0.375 e. The van der Waals surface area contributed by atoms with E-state index in [2.05, 4.69) is 4.98 Å². The minimum absolute atomic E-state index is 0.323. The van der Waals surface area contributed by atoms with Crippen LogP contribution >= 0.6 is 11.3 Å². The lowest BCUT2D eigenvalue weighted by Gasteiger charge is -2.15. The Kier molecular flexibility index (Phi) is 3.49. The number of rotatable bonds is 3. The topological polar surface area (TPSA) is 76.3 Å². The van der Waals surface area contributed by atoms with Crippen molar-refractivity contribution in [2.24, 2.45) is 0 Å². The van der Waals surface area contributed by atoms with Crippen LogP contribution in [-0.4, -0.2) is 30.8 Å². The van der Waals surface area contributed by atoms with Crippen molar-refractivity contribution in [3.05, 3.63) is 29.6 Å². The molecule has 0 radical (unpaired) electrons. The predicted molar refractivity (Wildman–Crippen MR) is 80.0 cm³/mol. The first-order valence-electron chi connectivity index (χ1n) is 6.39. The molecule has 1 fully saturated rings. The number of hydrogen-bond donors (Lipinski definition) is 1. The Morgan fingerprint density at radius 2 is 2.00 bits per heavy atom. The van der Waals surface area contributed by atoms with Crippen LogP contribution in [0.2, 0.25) is 0 Å². The molecule has 1 aliphatic rings. The quantitative estimate of drug-likeness (QED) is 0.943. The minimum atomic E-state index is -3.38. The number of benzene rings is 1. The van der Waals surface area contributed by atoms with Gasteiger partial charge in [0.15, 0.2) is 5.13 Å². The van der Waals surface area contributed by atoms with Crippen LogP contribution in [0.1, 0.15) is 12.8 Å². The van der Waals surface area contributed by atoms with Crippen molar-refractivity contribution in [2.75, 3.05) is 18.8 Å². The van der Waals surface area contributed by atoms with E-state index in [4.69, 9.17) is 5.73 Å². The number of hydrogen-bond acceptors (Lipinski definition) is 5. The molecule has 1 aromatic heterocycles. The van der Waals surface area contributed by atoms with E-state index in [1.165, 1.54) is 11.3 Å². The molecule has 1 saturated heterocycles. The van der Waals surface area contributed by atoms with Gasteiger partial charge >= 0.3 is 0 Å². The molecule has 0 spiro atoms. The molecule has 20 heavy (non-hydrogen) atoms. The highest BCUT2D eigenvalue weighted by Gasteiger charge is 2.27. The molecule has 5 nitrogen and oxygen atoms in total. The van der Waals surface area contributed by atoms with Gasteiger partial charge in [-0.05, 0) is 25.0 Å². The smallest absolute Gasteiger partial charge is 0.243 e. The van der Waals surface area contributed by atoms with Crippen LogP contribution < -0.4 is 5.73 Å². The van der Waals surface area contributed by atoms with E-state index >= 15 is 0 Å². The molecule has 0 unspecified atom stereocenters. The number of nitrogens with two attached hydrogens (primary N) is 1. The molecule has 1 aromatic carbocycles. The fourth-order valence-corrected chi connectivity index (χ4v) is 4.45. The van der Waals surface area contributed by atoms with Crippen molar-refractivity contribution in [1.82, 2.24) is 9.29 Å². The van der Waals surface area contributed by atoms with Crippen molar-refractivity contribution in [2.45, 2.75) is 17.7 Å². The molecular formula is C13H15N3O2S2. The van der Waals surface area contributed by atoms with E-state index in [0.717, 1.165) is 18.4 Å². The maximum atomic E-state index is 12.5. The number of aromatic nitrogens is 1. The third-order valence-corrected chi connectivity index (χ3v) is 5.92. The number of nitrogens with zero attached hydrogens (tertiary/aromatic N) is 2. The average Bonchev–Trinajstić information content (AvgIpc) is 3.10. The molecule has 3 rings (SSSR count). The highest BCUT2D eigenvalue weighted by Crippen LogP contribution is 2.27. The normalized spacial score (nSPS) is 16.6. The fraction of sp³-hybridized carbons (Fsp3) is 0.308. The summed E-state index contributed by atoms with van der Waals surface area (Å²) in [7, 11) is -3.38. The van der Waals surface area contributed by atoms with Crippen molar-refractivity contribution in [3.63, 3.8) is 0 Å². The number of sulfonamides is 1. The van der Waals surface area contributed by atoms with Crippen molar-refractivity contribution in [1.29, 1.82) is 0 Å². The lowest BCUT2D eigenvalue weighted by atomic mass is 10.2. The van der Waals surface area contributed by atoms with Gasteiger partial charge < -0.3 is 5.73 Å². The van der Waals surface area contributed by atoms with Crippen LogP contribution in [0.25, 0.3) is 11.3 Å². The summed E-state index contributed by atoms with van der Waals surface area (Å²) in [6.45, 7) is 1.21. The summed E-state index contributed by atoms with van der Waals surface area (Å²) in [6.07, 6.45) is 1.86. The van der Waals surface area contributed by atoms with Gasteiger partial charge in [-0.3, -0.25) is 0 Å². The molecule has 0 amide bonds. The van der Waals surface area contributed by atoms with Crippen molar-refractivity contribution >= 4 is 26.5 Å². The molecule has 2 heterocycles. The minimum Gasteiger partial charge on any atom is -0.375 e. The van der Waals surface area contributed by atoms with E-state index in [-0.39, 0.29) is 0 Å². The van der Waals surface area contributed by atoms with Crippen LogP contribution in [-0.2, 0) is 10.0 Å². The van der Waals surface area contributed by atoms with Gasteiger partial charge in [-0.1, -0.05) is 12.1 Å². The molecule has 0 bridgehead atoms. The van der Waals surface area contributed by atoms with E-state index in [0.29, 0.717) is 28.8 Å². The second-order valence-corrected chi connectivity index (χ2v) is 7.54. The zero-order valence-electron chi connectivity index (χ0n) is 10.8. The molecule has 0 atom stereocenters. The van der Waals surface area contributed by atoms with Crippen LogP contribution in [0.3, 0.4) is 0 Å². The summed E-state index contributed by atoms with van der Waals surface area (Å²) in [4.78, 5) is 4.51. The van der Waals surface area contributed by atoms with E-state index in [9.17, 15) is 8.42 Å². The highest BCUT2D eigenvalue weighted by atomic mass is 32.2. The van der Waals surface area contributed by atoms with Crippen molar-refractivity contribution in [3.8, 4) is 11.3 Å². The lowest BCUT2D eigenvalue weighted by Crippen LogP contribution is -2.27. The Morgan fingerprint density at radius 1 is 1.25 bits per heavy atom. The van der Waals surface area contributed by atoms with E-state index in [1.807, 2.05) is 11.4 Å². The van der Waals surface area contributed by atoms with Crippen LogP contribution in [0.5, 0.6) is 0 Å². The van der Waals surface area contributed by atoms with Gasteiger partial charge in [0.2, 0.25) is 10.0 Å². The van der Waals surface area contributed by atoms with Gasteiger partial charge in [0, 0.05) is 24.0 Å². The lowest BCUT2D eigenvalue weighted by molar-refractivity contribution is 0.477. The molecule has 1 aliphatic heterocycles. The maximum Gasteiger partial charge on any atom is 0.243 e. The third kappa shape index (κ3) is 2.44. The highest BCUT2D eigenvalue weighted by molar-refractivity contribution is 7.89. The Hall–Kier alpha value is -1.44. The van der Waals surface area contributed by atoms with Gasteiger partial charge in [0.1, 0.15) is 0 Å². The second-order valence-electron chi connectivity index (χ2n) is 4.71. The Morgan fingerprint density at radius 3 is 2.65 bits per heavy atom. The first-order valence-corrected chi connectivity index (χ1v) is 8.71. The van der Waals surface area contributed by atoms with Crippen LogP contribution in [0.15, 0.2) is 34.5 Å². The standard InChI is InChI=1S/C13H15N3O2S2/c14-13-15-12(9-19-13)10-4-3-5-11(8-10)20(17,18)16-6-1-2-7-16/h3-5,8-9H,1-2,6-7H2,(H2,14,15). The average molecular weight is 309 g/mol. The summed E-state index contributed by atoms with van der Waals surface area (Å²) in [5, 5.41) is 2.31. The van der Waals surface area contributed by atoms with Crippen LogP contribution in [0, 0.1) is 0 Å². The fourth-order valence-electron chi connectivity index (χ4n) is 2.31. The molecule has 7 heteroatoms. The molecule has 2 aromatic rings. The summed E-state index contributed by atoms with van der Waals surface area (Å²) >= 11 is 1.34. The SMILES string of the molecule is Nc1nc(-c2cccc(S(=O)(=O)N3CCCC3)c2)cs1. The van der Waals surface area contributed by atoms with Crippen molar-refractivity contribution < 1.29 is 8.42 Å². The van der Waals surface area contributed by atoms with Gasteiger partial charge in [-0.25, -0.2) is 13.4 Å². The first-order chi connectivity index (χ1) is 9.57. The Bertz CT molecular complexity index is 719. The van der Waals surface area contributed by atoms with Crippen LogP contribution in [0.4, 0.5) is 5.13 Å². The zero-order chi connectivity index (χ0) is 14.2. The number of anilines is 1. The third-order valence-electron chi connectivity index (χ3n) is 3.35. The van der Waals surface area contributed by atoms with Gasteiger partial charge in [-0.15, -0.1) is 11.3 Å². The van der Waals surface area contributed by atoms with E-state index in [1.54, 1.807) is 22.5 Å². The summed E-state index contributed by atoms with van der Waals surface area (Å²) in [5.74, 6) is 0. The molecule has 2 N–H and O–H groups in total. The van der Waals surface area contributed by atoms with Gasteiger partial charge in [-0.2, -0.15) is 4.31 Å². The molecular weight excluding hydrogens is 294 g/mol. The monoisotopic (exact) mass is 309 g/mol. The number of thiazole rings is 1. The summed E-state index contributed by atoms with van der Waals surface area (Å²) in [6, 6.07) is 6.89.